The molecule has 0 atom stereocenters. The first-order valence-electron chi connectivity index (χ1n) is 9.07. The number of para-hydroxylation sites is 1. The maximum Gasteiger partial charge on any atom is 0.191 e. The lowest BCUT2D eigenvalue weighted by Crippen LogP contribution is -2.08. The predicted molar refractivity (Wildman–Crippen MR) is 111 cm³/mol. The molecular weight excluding hydrogens is 391 g/mol. The molecule has 1 aromatic carbocycles. The first-order chi connectivity index (χ1) is 14.0. The monoisotopic (exact) mass is 414 g/mol. The smallest absolute Gasteiger partial charge is 0.191 e. The van der Waals surface area contributed by atoms with Crippen molar-refractivity contribution >= 4 is 11.8 Å². The molecule has 2 aromatic heterocycles. The van der Waals surface area contributed by atoms with E-state index in [1.165, 1.54) is 17.8 Å². The molecule has 0 fully saturated rings. The fraction of sp³-hybridized carbons (Fsp3) is 0.286. The van der Waals surface area contributed by atoms with Crippen molar-refractivity contribution in [3.05, 3.63) is 71.6 Å². The van der Waals surface area contributed by atoms with Crippen LogP contribution in [0.15, 0.2) is 48.3 Å². The zero-order valence-electron chi connectivity index (χ0n) is 16.7. The summed E-state index contributed by atoms with van der Waals surface area (Å²) in [6.07, 6.45) is 3.57. The molecule has 0 aliphatic carbocycles. The Morgan fingerprint density at radius 3 is 2.76 bits per heavy atom. The number of nitrogens with zero attached hydrogens (tertiary/aromatic N) is 4. The minimum absolute atomic E-state index is 0.109. The maximum absolute atomic E-state index is 13.8. The molecular formula is C21H23FN4O2S. The van der Waals surface area contributed by atoms with Gasteiger partial charge in [0.1, 0.15) is 12.4 Å². The molecule has 0 bridgehead atoms. The van der Waals surface area contributed by atoms with Gasteiger partial charge in [-0.2, -0.15) is 0 Å². The van der Waals surface area contributed by atoms with E-state index in [9.17, 15) is 4.39 Å². The summed E-state index contributed by atoms with van der Waals surface area (Å²) in [6.45, 7) is 8.40. The lowest BCUT2D eigenvalue weighted by Gasteiger charge is -2.12. The number of rotatable bonds is 9. The van der Waals surface area contributed by atoms with Crippen LogP contribution in [0.5, 0.6) is 11.5 Å². The molecule has 2 heterocycles. The number of hydrogen-bond donors (Lipinski definition) is 0. The molecule has 3 aromatic rings. The van der Waals surface area contributed by atoms with E-state index < -0.39 is 5.82 Å². The van der Waals surface area contributed by atoms with Gasteiger partial charge in [0.05, 0.1) is 12.8 Å². The fourth-order valence-electron chi connectivity index (χ4n) is 2.90. The average Bonchev–Trinajstić information content (AvgIpc) is 3.09. The van der Waals surface area contributed by atoms with Crippen molar-refractivity contribution in [3.8, 4) is 11.5 Å². The largest absolute Gasteiger partial charge is 0.496 e. The second-order valence-corrected chi connectivity index (χ2v) is 7.29. The summed E-state index contributed by atoms with van der Waals surface area (Å²) in [4.78, 5) is 4.52. The van der Waals surface area contributed by atoms with Crippen LogP contribution in [-0.4, -0.2) is 26.9 Å². The van der Waals surface area contributed by atoms with Crippen molar-refractivity contribution in [1.82, 2.24) is 19.7 Å². The number of ether oxygens (including phenoxy) is 2. The summed E-state index contributed by atoms with van der Waals surface area (Å²) in [5, 5.41) is 9.20. The van der Waals surface area contributed by atoms with Crippen molar-refractivity contribution in [2.24, 2.45) is 0 Å². The van der Waals surface area contributed by atoms with Crippen LogP contribution < -0.4 is 9.47 Å². The number of benzene rings is 1. The van der Waals surface area contributed by atoms with Crippen LogP contribution in [-0.2, 0) is 18.9 Å². The molecule has 0 radical (unpaired) electrons. The summed E-state index contributed by atoms with van der Waals surface area (Å²) in [5.41, 5.74) is 2.94. The average molecular weight is 415 g/mol. The number of aromatic nitrogens is 4. The van der Waals surface area contributed by atoms with Crippen molar-refractivity contribution < 1.29 is 13.9 Å². The molecule has 0 N–H and O–H groups in total. The topological polar surface area (TPSA) is 62.1 Å². The summed E-state index contributed by atoms with van der Waals surface area (Å²) in [6, 6.07) is 6.28. The number of methoxy groups -OCH3 is 1. The number of hydrogen-bond acceptors (Lipinski definition) is 6. The van der Waals surface area contributed by atoms with Gasteiger partial charge in [-0.1, -0.05) is 30.0 Å². The van der Waals surface area contributed by atoms with Gasteiger partial charge in [-0.25, -0.2) is 4.39 Å². The zero-order valence-corrected chi connectivity index (χ0v) is 17.5. The molecule has 0 aliphatic heterocycles. The van der Waals surface area contributed by atoms with E-state index in [-0.39, 0.29) is 12.4 Å². The van der Waals surface area contributed by atoms with Crippen LogP contribution in [0.3, 0.4) is 0 Å². The van der Waals surface area contributed by atoms with Crippen molar-refractivity contribution in [2.45, 2.75) is 37.9 Å². The highest BCUT2D eigenvalue weighted by molar-refractivity contribution is 7.98. The molecule has 0 saturated heterocycles. The standard InChI is InChI=1S/C21H23FN4O2S/c1-5-10-26-19(12-28-18-9-7-6-8-16(18)22)24-25-21(26)29-13-17-15(3)20(27-4)14(2)11-23-17/h5-9,11H,1,10,12-13H2,2-4H3. The molecule has 152 valence electrons. The van der Waals surface area contributed by atoms with E-state index in [4.69, 9.17) is 9.47 Å². The summed E-state index contributed by atoms with van der Waals surface area (Å²) >= 11 is 1.52. The number of thioether (sulfide) groups is 1. The van der Waals surface area contributed by atoms with Gasteiger partial charge in [0.15, 0.2) is 22.5 Å². The van der Waals surface area contributed by atoms with Gasteiger partial charge in [0.2, 0.25) is 0 Å². The Morgan fingerprint density at radius 1 is 1.24 bits per heavy atom. The quantitative estimate of drug-likeness (QED) is 0.380. The normalized spacial score (nSPS) is 10.8. The minimum Gasteiger partial charge on any atom is -0.496 e. The van der Waals surface area contributed by atoms with Crippen molar-refractivity contribution in [3.63, 3.8) is 0 Å². The SMILES string of the molecule is C=CCn1c(COc2ccccc2F)nnc1SCc1ncc(C)c(OC)c1C. The van der Waals surface area contributed by atoms with Gasteiger partial charge in [0, 0.05) is 29.6 Å². The van der Waals surface area contributed by atoms with E-state index in [0.29, 0.717) is 18.1 Å². The highest BCUT2D eigenvalue weighted by Gasteiger charge is 2.15. The molecule has 6 nitrogen and oxygen atoms in total. The Balaban J connectivity index is 1.75. The summed E-state index contributed by atoms with van der Waals surface area (Å²) < 4.78 is 26.7. The lowest BCUT2D eigenvalue weighted by molar-refractivity contribution is 0.275. The Bertz CT molecular complexity index is 1010. The number of halogens is 1. The van der Waals surface area contributed by atoms with E-state index in [2.05, 4.69) is 21.8 Å². The molecule has 8 heteroatoms. The summed E-state index contributed by atoms with van der Waals surface area (Å²) in [5.74, 6) is 1.84. The van der Waals surface area contributed by atoms with Gasteiger partial charge in [-0.15, -0.1) is 16.8 Å². The number of aryl methyl sites for hydroxylation is 1. The third kappa shape index (κ3) is 4.76. The Hall–Kier alpha value is -2.87. The first kappa shape index (κ1) is 20.9. The van der Waals surface area contributed by atoms with Gasteiger partial charge in [-0.3, -0.25) is 9.55 Å². The van der Waals surface area contributed by atoms with E-state index in [1.54, 1.807) is 31.4 Å². The number of allylic oxidation sites excluding steroid dienone is 1. The predicted octanol–water partition coefficient (Wildman–Crippen LogP) is 4.49. The molecule has 0 spiro atoms. The molecule has 29 heavy (non-hydrogen) atoms. The van der Waals surface area contributed by atoms with Gasteiger partial charge in [0.25, 0.3) is 0 Å². The first-order valence-corrected chi connectivity index (χ1v) is 10.1. The minimum atomic E-state index is -0.410. The van der Waals surface area contributed by atoms with Crippen LogP contribution in [0, 0.1) is 19.7 Å². The van der Waals surface area contributed by atoms with Gasteiger partial charge in [-0.05, 0) is 26.0 Å². The second-order valence-electron chi connectivity index (χ2n) is 6.35. The number of pyridine rings is 1. The molecule has 0 amide bonds. The lowest BCUT2D eigenvalue weighted by atomic mass is 10.1. The van der Waals surface area contributed by atoms with Crippen LogP contribution in [0.4, 0.5) is 4.39 Å². The molecule has 0 saturated carbocycles. The molecule has 3 rings (SSSR count). The highest BCUT2D eigenvalue weighted by atomic mass is 32.2. The Morgan fingerprint density at radius 2 is 2.03 bits per heavy atom. The van der Waals surface area contributed by atoms with E-state index in [0.717, 1.165) is 27.7 Å². The van der Waals surface area contributed by atoms with Gasteiger partial charge >= 0.3 is 0 Å². The third-order valence-electron chi connectivity index (χ3n) is 4.39. The molecule has 0 unspecified atom stereocenters. The fourth-order valence-corrected chi connectivity index (χ4v) is 3.89. The van der Waals surface area contributed by atoms with Crippen molar-refractivity contribution in [1.29, 1.82) is 0 Å². The van der Waals surface area contributed by atoms with E-state index >= 15 is 0 Å². The van der Waals surface area contributed by atoms with Crippen LogP contribution >= 0.6 is 11.8 Å². The Labute approximate surface area is 173 Å². The maximum atomic E-state index is 13.8. The molecule has 0 aliphatic rings. The van der Waals surface area contributed by atoms with Crippen molar-refractivity contribution in [2.75, 3.05) is 7.11 Å². The third-order valence-corrected chi connectivity index (χ3v) is 5.36. The van der Waals surface area contributed by atoms with Gasteiger partial charge < -0.3 is 9.47 Å². The zero-order chi connectivity index (χ0) is 20.8. The summed E-state index contributed by atoms with van der Waals surface area (Å²) in [7, 11) is 1.66. The highest BCUT2D eigenvalue weighted by Crippen LogP contribution is 2.29. The second kappa shape index (κ2) is 9.56. The van der Waals surface area contributed by atoms with E-state index in [1.807, 2.05) is 24.6 Å². The van der Waals surface area contributed by atoms with Crippen LogP contribution in [0.2, 0.25) is 0 Å². The van der Waals surface area contributed by atoms with Crippen LogP contribution in [0.25, 0.3) is 0 Å². The Kier molecular flexibility index (Phi) is 6.87. The van der Waals surface area contributed by atoms with Crippen LogP contribution in [0.1, 0.15) is 22.6 Å².